The number of rotatable bonds is 10. The number of carbonyl (C=O) groups excluding carboxylic acids is 1. The van der Waals surface area contributed by atoms with E-state index in [-0.39, 0.29) is 0 Å². The van der Waals surface area contributed by atoms with Gasteiger partial charge >= 0.3 is 0 Å². The molecule has 0 aromatic heterocycles. The molecule has 0 fully saturated rings. The lowest BCUT2D eigenvalue weighted by Crippen LogP contribution is -1.91. The number of hydrogen-bond acceptors (Lipinski definition) is 1. The van der Waals surface area contributed by atoms with Crippen LogP contribution in [0.15, 0.2) is 0 Å². The first kappa shape index (κ1) is 14.1. The minimum Gasteiger partial charge on any atom is -0.295 e. The van der Waals surface area contributed by atoms with Gasteiger partial charge in [0.2, 0.25) is 0 Å². The lowest BCUT2D eigenvalue weighted by Gasteiger charge is -2.00. The summed E-state index contributed by atoms with van der Waals surface area (Å²) in [7, 11) is 0.590. The second-order valence-corrected chi connectivity index (χ2v) is 5.28. The second-order valence-electron chi connectivity index (χ2n) is 3.87. The summed E-state index contributed by atoms with van der Waals surface area (Å²) in [6.07, 6.45) is 10.7. The largest absolute Gasteiger partial charge is 0.295 e. The maximum absolute atomic E-state index is 11.4. The first-order chi connectivity index (χ1) is 6.81. The number of hydrogen-bond donors (Lipinski definition) is 0. The van der Waals surface area contributed by atoms with Gasteiger partial charge in [0.1, 0.15) is 0 Å². The van der Waals surface area contributed by atoms with E-state index in [9.17, 15) is 4.79 Å². The summed E-state index contributed by atoms with van der Waals surface area (Å²) >= 11 is 0. The van der Waals surface area contributed by atoms with E-state index in [1.165, 1.54) is 38.5 Å². The normalized spacial score (nSPS) is 11.3. The Morgan fingerprint density at radius 1 is 0.929 bits per heavy atom. The van der Waals surface area contributed by atoms with Crippen molar-refractivity contribution in [2.45, 2.75) is 65.2 Å². The summed E-state index contributed by atoms with van der Waals surface area (Å²) in [5, 5.41) is 0. The summed E-state index contributed by atoms with van der Waals surface area (Å²) < 4.78 is 0. The third-order valence-corrected chi connectivity index (χ3v) is 3.61. The van der Waals surface area contributed by atoms with Gasteiger partial charge in [0.25, 0.3) is 0 Å². The molecule has 0 heterocycles. The molecule has 1 unspecified atom stereocenters. The van der Waals surface area contributed by atoms with Crippen molar-refractivity contribution in [3.05, 3.63) is 0 Å². The molecule has 2 heteroatoms. The fourth-order valence-corrected chi connectivity index (χ4v) is 2.46. The Morgan fingerprint density at radius 2 is 1.57 bits per heavy atom. The lowest BCUT2D eigenvalue weighted by atomic mass is 10.2. The second kappa shape index (κ2) is 11.2. The van der Waals surface area contributed by atoms with Crippen molar-refractivity contribution >= 4 is 14.1 Å². The summed E-state index contributed by atoms with van der Waals surface area (Å²) in [6, 6.07) is 0. The van der Waals surface area contributed by atoms with Crippen LogP contribution < -0.4 is 0 Å². The van der Waals surface area contributed by atoms with Crippen LogP contribution in [0.25, 0.3) is 0 Å². The zero-order valence-corrected chi connectivity index (χ0v) is 10.8. The molecule has 14 heavy (non-hydrogen) atoms. The molecule has 0 aliphatic rings. The molecule has 0 radical (unpaired) electrons. The van der Waals surface area contributed by atoms with Crippen molar-refractivity contribution in [3.63, 3.8) is 0 Å². The zero-order chi connectivity index (χ0) is 10.6. The van der Waals surface area contributed by atoms with Gasteiger partial charge < -0.3 is 0 Å². The number of carbonyl (C=O) groups is 1. The van der Waals surface area contributed by atoms with Gasteiger partial charge in [-0.2, -0.15) is 0 Å². The van der Waals surface area contributed by atoms with Crippen molar-refractivity contribution in [2.75, 3.05) is 6.16 Å². The Hall–Kier alpha value is 0.100. The predicted molar refractivity (Wildman–Crippen MR) is 66.5 cm³/mol. The van der Waals surface area contributed by atoms with Crippen LogP contribution in [0.3, 0.4) is 0 Å². The maximum atomic E-state index is 11.4. The van der Waals surface area contributed by atoms with Crippen LogP contribution in [0.1, 0.15) is 65.2 Å². The Morgan fingerprint density at radius 3 is 2.21 bits per heavy atom. The highest BCUT2D eigenvalue weighted by Gasteiger charge is 2.00. The average molecular weight is 216 g/mol. The number of unbranched alkanes of at least 4 members (excludes halogenated alkanes) is 5. The monoisotopic (exact) mass is 216 g/mol. The van der Waals surface area contributed by atoms with Crippen LogP contribution >= 0.6 is 8.58 Å². The van der Waals surface area contributed by atoms with E-state index in [4.69, 9.17) is 0 Å². The minimum absolute atomic E-state index is 0.509. The Balaban J connectivity index is 3.10. The maximum Gasteiger partial charge on any atom is 0.151 e. The van der Waals surface area contributed by atoms with E-state index in [1.807, 2.05) is 0 Å². The fourth-order valence-electron chi connectivity index (χ4n) is 1.40. The highest BCUT2D eigenvalue weighted by atomic mass is 31.1. The van der Waals surface area contributed by atoms with Gasteiger partial charge in [-0.1, -0.05) is 54.5 Å². The van der Waals surface area contributed by atoms with E-state index in [0.717, 1.165) is 19.0 Å². The van der Waals surface area contributed by atoms with E-state index < -0.39 is 0 Å². The van der Waals surface area contributed by atoms with Crippen LogP contribution in [0.2, 0.25) is 0 Å². The minimum atomic E-state index is 0.509. The molecule has 0 bridgehead atoms. The molecule has 0 N–H and O–H groups in total. The molecule has 1 nitrogen and oxygen atoms in total. The van der Waals surface area contributed by atoms with Crippen molar-refractivity contribution in [2.24, 2.45) is 0 Å². The van der Waals surface area contributed by atoms with Crippen LogP contribution in [0.4, 0.5) is 0 Å². The summed E-state index contributed by atoms with van der Waals surface area (Å²) in [5.74, 6) is 0. The first-order valence-corrected chi connectivity index (χ1v) is 7.28. The van der Waals surface area contributed by atoms with Crippen LogP contribution in [-0.4, -0.2) is 11.7 Å². The van der Waals surface area contributed by atoms with E-state index in [0.29, 0.717) is 14.1 Å². The van der Waals surface area contributed by atoms with E-state index >= 15 is 0 Å². The van der Waals surface area contributed by atoms with Gasteiger partial charge in [0.15, 0.2) is 5.52 Å². The molecule has 0 saturated heterocycles. The van der Waals surface area contributed by atoms with Gasteiger partial charge in [0.05, 0.1) is 0 Å². The van der Waals surface area contributed by atoms with E-state index in [2.05, 4.69) is 13.8 Å². The molecule has 0 saturated carbocycles. The first-order valence-electron chi connectivity index (χ1n) is 6.08. The summed E-state index contributed by atoms with van der Waals surface area (Å²) in [5.41, 5.74) is 0.509. The predicted octanol–water partition coefficient (Wildman–Crippen LogP) is 4.35. The summed E-state index contributed by atoms with van der Waals surface area (Å²) in [4.78, 5) is 11.4. The molecule has 0 rings (SSSR count). The van der Waals surface area contributed by atoms with Gasteiger partial charge in [-0.25, -0.2) is 0 Å². The van der Waals surface area contributed by atoms with Crippen LogP contribution in [0.5, 0.6) is 0 Å². The molecule has 0 aromatic carbocycles. The summed E-state index contributed by atoms with van der Waals surface area (Å²) in [6.45, 7) is 4.40. The van der Waals surface area contributed by atoms with Gasteiger partial charge in [-0.05, 0) is 19.0 Å². The molecule has 0 aromatic rings. The van der Waals surface area contributed by atoms with Crippen LogP contribution in [-0.2, 0) is 4.79 Å². The topological polar surface area (TPSA) is 17.1 Å². The van der Waals surface area contributed by atoms with Crippen molar-refractivity contribution in [1.29, 1.82) is 0 Å². The smallest absolute Gasteiger partial charge is 0.151 e. The molecule has 0 aliphatic heterocycles. The molecule has 84 valence electrons. The van der Waals surface area contributed by atoms with Gasteiger partial charge in [0, 0.05) is 6.42 Å². The Kier molecular flexibility index (Phi) is 11.3. The quantitative estimate of drug-likeness (QED) is 0.392. The Bertz CT molecular complexity index is 134. The van der Waals surface area contributed by atoms with Crippen molar-refractivity contribution < 1.29 is 4.79 Å². The average Bonchev–Trinajstić information content (AvgIpc) is 2.18. The Labute approximate surface area is 90.8 Å². The molecule has 0 aliphatic carbocycles. The zero-order valence-electron chi connectivity index (χ0n) is 9.77. The third kappa shape index (κ3) is 10.2. The van der Waals surface area contributed by atoms with Gasteiger partial charge in [-0.15, -0.1) is 0 Å². The van der Waals surface area contributed by atoms with E-state index in [1.54, 1.807) is 0 Å². The molecule has 1 atom stereocenters. The molecular weight excluding hydrogens is 191 g/mol. The van der Waals surface area contributed by atoms with Crippen molar-refractivity contribution in [1.82, 2.24) is 0 Å². The van der Waals surface area contributed by atoms with Crippen molar-refractivity contribution in [3.8, 4) is 0 Å². The molecular formula is C12H25OP. The SMILES string of the molecule is CCCCCCPC(=O)CCCCC. The lowest BCUT2D eigenvalue weighted by molar-refractivity contribution is -0.111. The molecule has 0 amide bonds. The fraction of sp³-hybridized carbons (Fsp3) is 0.917. The standard InChI is InChI=1S/C12H25OP/c1-3-5-7-9-11-14-12(13)10-8-6-4-2/h14H,3-11H2,1-2H3. The highest BCUT2D eigenvalue weighted by Crippen LogP contribution is 2.18. The molecule has 0 spiro atoms. The highest BCUT2D eigenvalue weighted by molar-refractivity contribution is 7.57. The third-order valence-electron chi connectivity index (χ3n) is 2.36. The van der Waals surface area contributed by atoms with Gasteiger partial charge in [-0.3, -0.25) is 4.79 Å². The van der Waals surface area contributed by atoms with Crippen LogP contribution in [0, 0.1) is 0 Å².